The monoisotopic (exact) mass is 541 g/mol. The molecule has 4 aliphatic rings. The number of rotatable bonds is 4. The van der Waals surface area contributed by atoms with E-state index in [-0.39, 0.29) is 35.8 Å². The van der Waals surface area contributed by atoms with E-state index in [1.165, 1.54) is 12.0 Å². The lowest BCUT2D eigenvalue weighted by molar-refractivity contribution is -0.153. The standard InChI is InChI=1S/C28H35N3O8/c1-30(2)21-15-10-12-9-14-19(17(32)11-13(24(14)39-4)16-7-5-6-8-31(16)3)22(33)18(12)25(35)28(15,38)26(36)20(23(21)34)27(29)37/h11-12,15-16,21,32-33,36,38H,5-10H2,1-4H3,(H2,29,37)/t12-,15-,16?,21-,28-/m0/s1. The van der Waals surface area contributed by atoms with Gasteiger partial charge in [0.15, 0.2) is 11.4 Å². The van der Waals surface area contributed by atoms with E-state index in [0.717, 1.165) is 31.4 Å². The van der Waals surface area contributed by atoms with E-state index in [1.807, 2.05) is 7.05 Å². The molecule has 1 saturated carbocycles. The number of benzene rings is 1. The highest BCUT2D eigenvalue weighted by molar-refractivity contribution is 6.24. The molecule has 39 heavy (non-hydrogen) atoms. The molecule has 3 aliphatic carbocycles. The van der Waals surface area contributed by atoms with Crippen LogP contribution in [0.25, 0.3) is 5.76 Å². The first kappa shape index (κ1) is 27.2. The summed E-state index contributed by atoms with van der Waals surface area (Å²) in [6.07, 6.45) is 3.18. The lowest BCUT2D eigenvalue weighted by Crippen LogP contribution is -2.65. The molecular weight excluding hydrogens is 506 g/mol. The SMILES string of the molecule is COc1c(C2CCCCN2C)cc(O)c2c1C[C@H]1C[C@H]3[C@H](N(C)C)C(=O)C(C(N)=O)=C(O)[C@@]3(O)C(=O)C1=C2O. The summed E-state index contributed by atoms with van der Waals surface area (Å²) in [5, 5.41) is 45.2. The van der Waals surface area contributed by atoms with Gasteiger partial charge < -0.3 is 30.9 Å². The molecule has 0 bridgehead atoms. The van der Waals surface area contributed by atoms with E-state index in [9.17, 15) is 34.8 Å². The van der Waals surface area contributed by atoms with Crippen LogP contribution >= 0.6 is 0 Å². The largest absolute Gasteiger partial charge is 0.508 e. The number of primary amides is 1. The molecule has 5 atom stereocenters. The molecule has 1 aliphatic heterocycles. The van der Waals surface area contributed by atoms with Crippen LogP contribution in [0.4, 0.5) is 0 Å². The number of aliphatic hydroxyl groups is 3. The van der Waals surface area contributed by atoms with E-state index >= 15 is 0 Å². The highest BCUT2D eigenvalue weighted by atomic mass is 16.5. The quantitative estimate of drug-likeness (QED) is 0.348. The molecule has 0 spiro atoms. The molecule has 1 amide bonds. The Kier molecular flexibility index (Phi) is 6.52. The van der Waals surface area contributed by atoms with Crippen LogP contribution in [0.2, 0.25) is 0 Å². The Morgan fingerprint density at radius 2 is 1.90 bits per heavy atom. The average Bonchev–Trinajstić information content (AvgIpc) is 2.86. The van der Waals surface area contributed by atoms with Crippen molar-refractivity contribution in [3.8, 4) is 11.5 Å². The summed E-state index contributed by atoms with van der Waals surface area (Å²) < 4.78 is 5.85. The predicted molar refractivity (Wildman–Crippen MR) is 140 cm³/mol. The Hall–Kier alpha value is -3.41. The van der Waals surface area contributed by atoms with Crippen LogP contribution < -0.4 is 10.5 Å². The fourth-order valence-corrected chi connectivity index (χ4v) is 7.28. The highest BCUT2D eigenvalue weighted by Crippen LogP contribution is 2.55. The molecule has 210 valence electrons. The first-order valence-electron chi connectivity index (χ1n) is 13.1. The summed E-state index contributed by atoms with van der Waals surface area (Å²) in [5.41, 5.74) is 3.06. The number of fused-ring (bicyclic) bond motifs is 3. The van der Waals surface area contributed by atoms with Crippen LogP contribution in [0.3, 0.4) is 0 Å². The predicted octanol–water partition coefficient (Wildman–Crippen LogP) is 1.13. The van der Waals surface area contributed by atoms with Gasteiger partial charge in [0, 0.05) is 28.7 Å². The maximum absolute atomic E-state index is 13.9. The van der Waals surface area contributed by atoms with Crippen molar-refractivity contribution in [1.82, 2.24) is 9.80 Å². The summed E-state index contributed by atoms with van der Waals surface area (Å²) >= 11 is 0. The highest BCUT2D eigenvalue weighted by Gasteiger charge is 2.64. The van der Waals surface area contributed by atoms with Crippen molar-refractivity contribution >= 4 is 23.2 Å². The lowest BCUT2D eigenvalue weighted by atomic mass is 9.57. The van der Waals surface area contributed by atoms with Gasteiger partial charge in [0.25, 0.3) is 5.91 Å². The van der Waals surface area contributed by atoms with Crippen molar-refractivity contribution in [1.29, 1.82) is 0 Å². The van der Waals surface area contributed by atoms with Gasteiger partial charge in [-0.25, -0.2) is 0 Å². The number of methoxy groups -OCH3 is 1. The van der Waals surface area contributed by atoms with Gasteiger partial charge in [0.05, 0.1) is 18.7 Å². The number of ketones is 2. The third-order valence-electron chi connectivity index (χ3n) is 9.03. The van der Waals surface area contributed by atoms with E-state index in [0.29, 0.717) is 11.3 Å². The number of hydrogen-bond donors (Lipinski definition) is 5. The Morgan fingerprint density at radius 1 is 1.21 bits per heavy atom. The van der Waals surface area contributed by atoms with Crippen LogP contribution in [0.1, 0.15) is 48.4 Å². The topological polar surface area (TPSA) is 174 Å². The molecule has 1 saturated heterocycles. The van der Waals surface area contributed by atoms with Gasteiger partial charge >= 0.3 is 0 Å². The van der Waals surface area contributed by atoms with Crippen LogP contribution in [0.15, 0.2) is 23.0 Å². The van der Waals surface area contributed by atoms with Gasteiger partial charge in [-0.05, 0) is 65.4 Å². The number of phenolic OH excluding ortho intramolecular Hbond substituents is 1. The zero-order chi connectivity index (χ0) is 28.5. The van der Waals surface area contributed by atoms with Gasteiger partial charge in [0.2, 0.25) is 5.78 Å². The zero-order valence-corrected chi connectivity index (χ0v) is 22.5. The number of likely N-dealkylation sites (tertiary alicyclic amines) is 1. The number of Topliss-reactive ketones (excluding diaryl/α,β-unsaturated/α-hetero) is 2. The van der Waals surface area contributed by atoms with Crippen LogP contribution in [0.5, 0.6) is 11.5 Å². The van der Waals surface area contributed by atoms with Crippen molar-refractivity contribution in [3.63, 3.8) is 0 Å². The Morgan fingerprint density at radius 3 is 2.49 bits per heavy atom. The van der Waals surface area contributed by atoms with Crippen molar-refractivity contribution < 1.29 is 39.5 Å². The van der Waals surface area contributed by atoms with E-state index in [4.69, 9.17) is 10.5 Å². The zero-order valence-electron chi connectivity index (χ0n) is 22.5. The molecule has 1 aromatic carbocycles. The molecular formula is C28H35N3O8. The Bertz CT molecular complexity index is 1350. The number of aromatic hydroxyl groups is 1. The molecule has 1 heterocycles. The fraction of sp³-hybridized carbons (Fsp3) is 0.536. The number of phenols is 1. The van der Waals surface area contributed by atoms with E-state index in [2.05, 4.69) is 4.90 Å². The Balaban J connectivity index is 1.71. The number of aliphatic hydroxyl groups excluding tert-OH is 2. The lowest BCUT2D eigenvalue weighted by Gasteiger charge is -2.50. The first-order valence-corrected chi connectivity index (χ1v) is 13.1. The number of amides is 1. The molecule has 1 aromatic rings. The normalized spacial score (nSPS) is 31.2. The first-order chi connectivity index (χ1) is 18.4. The number of piperidine rings is 1. The number of ether oxygens (including phenoxy) is 1. The second-order valence-corrected chi connectivity index (χ2v) is 11.3. The van der Waals surface area contributed by atoms with Crippen LogP contribution in [-0.4, -0.2) is 94.1 Å². The molecule has 5 rings (SSSR count). The molecule has 11 heteroatoms. The summed E-state index contributed by atoms with van der Waals surface area (Å²) in [6.45, 7) is 0.891. The second kappa shape index (κ2) is 9.35. The van der Waals surface area contributed by atoms with Crippen LogP contribution in [0, 0.1) is 11.8 Å². The maximum atomic E-state index is 13.9. The summed E-state index contributed by atoms with van der Waals surface area (Å²) in [4.78, 5) is 43.0. The minimum absolute atomic E-state index is 0.00103. The number of nitrogens with zero attached hydrogens (tertiary/aromatic N) is 2. The van der Waals surface area contributed by atoms with E-state index in [1.54, 1.807) is 20.2 Å². The summed E-state index contributed by atoms with van der Waals surface area (Å²) in [7, 11) is 6.68. The molecule has 0 radical (unpaired) electrons. The number of nitrogens with two attached hydrogens (primary N) is 1. The number of likely N-dealkylation sites (N-methyl/N-ethyl adjacent to an activating group) is 1. The van der Waals surface area contributed by atoms with Crippen molar-refractivity contribution in [2.75, 3.05) is 34.8 Å². The maximum Gasteiger partial charge on any atom is 0.255 e. The molecule has 6 N–H and O–H groups in total. The van der Waals surface area contributed by atoms with Gasteiger partial charge in [-0.1, -0.05) is 6.42 Å². The van der Waals surface area contributed by atoms with Gasteiger partial charge in [-0.15, -0.1) is 0 Å². The molecule has 0 aromatic heterocycles. The number of hydrogen-bond acceptors (Lipinski definition) is 10. The minimum Gasteiger partial charge on any atom is -0.508 e. The average molecular weight is 542 g/mol. The third kappa shape index (κ3) is 3.70. The molecule has 11 nitrogen and oxygen atoms in total. The Labute approximate surface area is 226 Å². The van der Waals surface area contributed by atoms with Gasteiger partial charge in [0.1, 0.15) is 28.6 Å². The minimum atomic E-state index is -2.66. The van der Waals surface area contributed by atoms with Gasteiger partial charge in [-0.3, -0.25) is 24.2 Å². The fourth-order valence-electron chi connectivity index (χ4n) is 7.28. The third-order valence-corrected chi connectivity index (χ3v) is 9.03. The molecule has 1 unspecified atom stereocenters. The number of carbonyl (C=O) groups excluding carboxylic acids is 3. The summed E-state index contributed by atoms with van der Waals surface area (Å²) in [6, 6.07) is 0.426. The van der Waals surface area contributed by atoms with Crippen LogP contribution in [-0.2, 0) is 20.8 Å². The smallest absolute Gasteiger partial charge is 0.255 e. The van der Waals surface area contributed by atoms with E-state index < -0.39 is 58.0 Å². The van der Waals surface area contributed by atoms with Crippen molar-refractivity contribution in [3.05, 3.63) is 39.7 Å². The second-order valence-electron chi connectivity index (χ2n) is 11.3. The summed E-state index contributed by atoms with van der Waals surface area (Å²) in [5.74, 6) is -6.18. The number of carbonyl (C=O) groups is 3. The van der Waals surface area contributed by atoms with Crippen molar-refractivity contribution in [2.24, 2.45) is 17.6 Å². The van der Waals surface area contributed by atoms with Crippen molar-refractivity contribution in [2.45, 2.75) is 49.8 Å². The van der Waals surface area contributed by atoms with Gasteiger partial charge in [-0.2, -0.15) is 0 Å². The molecule has 2 fully saturated rings.